The number of esters is 1. The third-order valence-electron chi connectivity index (χ3n) is 3.74. The van der Waals surface area contributed by atoms with Crippen LogP contribution in [0.5, 0.6) is 0 Å². The average Bonchev–Trinajstić information content (AvgIpc) is 3.17. The first kappa shape index (κ1) is 16.8. The van der Waals surface area contributed by atoms with Gasteiger partial charge in [-0.15, -0.1) is 0 Å². The van der Waals surface area contributed by atoms with E-state index in [-0.39, 0.29) is 24.8 Å². The number of nitrogens with one attached hydrogen (secondary N) is 1. The number of hydrogen-bond donors (Lipinski definition) is 1. The van der Waals surface area contributed by atoms with Gasteiger partial charge in [-0.05, 0) is 6.07 Å². The summed E-state index contributed by atoms with van der Waals surface area (Å²) in [6.07, 6.45) is 1.43. The van der Waals surface area contributed by atoms with Gasteiger partial charge >= 0.3 is 5.97 Å². The van der Waals surface area contributed by atoms with Crippen LogP contribution in [0.1, 0.15) is 32.0 Å². The molecule has 0 aliphatic carbocycles. The zero-order valence-electron chi connectivity index (χ0n) is 13.4. The van der Waals surface area contributed by atoms with E-state index in [4.69, 9.17) is 0 Å². The Morgan fingerprint density at radius 2 is 2.04 bits per heavy atom. The van der Waals surface area contributed by atoms with Gasteiger partial charge in [0.1, 0.15) is 4.88 Å². The van der Waals surface area contributed by atoms with Crippen molar-refractivity contribution in [3.05, 3.63) is 53.0 Å². The smallest absolute Gasteiger partial charge is 0.349 e. The Labute approximate surface area is 147 Å². The van der Waals surface area contributed by atoms with E-state index < -0.39 is 5.97 Å². The molecule has 0 atom stereocenters. The number of carbonyl (C=O) groups is 3. The minimum absolute atomic E-state index is 0.0892. The average molecular weight is 357 g/mol. The number of methoxy groups -OCH3 is 1. The van der Waals surface area contributed by atoms with E-state index in [0.717, 1.165) is 16.9 Å². The van der Waals surface area contributed by atoms with Crippen LogP contribution in [-0.2, 0) is 9.53 Å². The lowest BCUT2D eigenvalue weighted by molar-refractivity contribution is -0.116. The van der Waals surface area contributed by atoms with Crippen molar-refractivity contribution in [2.45, 2.75) is 6.42 Å². The zero-order valence-corrected chi connectivity index (χ0v) is 14.3. The fourth-order valence-corrected chi connectivity index (χ4v) is 3.24. The molecule has 0 bridgehead atoms. The van der Waals surface area contributed by atoms with Crippen molar-refractivity contribution in [2.24, 2.45) is 0 Å². The molecule has 0 radical (unpaired) electrons. The molecule has 7 nitrogen and oxygen atoms in total. The maximum atomic E-state index is 12.4. The molecule has 128 valence electrons. The van der Waals surface area contributed by atoms with Crippen LogP contribution in [0.3, 0.4) is 0 Å². The van der Waals surface area contributed by atoms with E-state index in [1.807, 2.05) is 12.1 Å². The van der Waals surface area contributed by atoms with E-state index in [2.05, 4.69) is 21.6 Å². The fourth-order valence-electron chi connectivity index (χ4n) is 2.49. The Balaban J connectivity index is 1.58. The summed E-state index contributed by atoms with van der Waals surface area (Å²) in [5.74, 6) is -0.965. The molecule has 8 heteroatoms. The highest BCUT2D eigenvalue weighted by molar-refractivity contribution is 7.17. The van der Waals surface area contributed by atoms with Crippen LogP contribution in [0.4, 0.5) is 5.13 Å². The van der Waals surface area contributed by atoms with Crippen LogP contribution in [0.2, 0.25) is 0 Å². The number of ether oxygens (including phenoxy) is 1. The molecule has 0 unspecified atom stereocenters. The largest absolute Gasteiger partial charge is 0.465 e. The second-order valence-corrected chi connectivity index (χ2v) is 6.30. The second-order valence-electron chi connectivity index (χ2n) is 5.27. The topological polar surface area (TPSA) is 88.6 Å². The fraction of sp³-hybridized carbons (Fsp3) is 0.176. The molecule has 0 saturated carbocycles. The molecule has 2 amide bonds. The second kappa shape index (κ2) is 6.86. The van der Waals surface area contributed by atoms with Crippen LogP contribution in [0.25, 0.3) is 5.70 Å². The number of aromatic nitrogens is 1. The summed E-state index contributed by atoms with van der Waals surface area (Å²) in [4.78, 5) is 41.6. The number of fused-ring (bicyclic) bond motifs is 1. The standard InChI is InChI=1S/C17H15N3O4S/c1-10-11-5-3-4-6-12(11)15(22)20(10)8-7-14(21)19-17-18-9-13(25-17)16(23)24-2/h3-6,9H,1,7-8H2,2H3,(H,18,19,21). The maximum Gasteiger partial charge on any atom is 0.349 e. The van der Waals surface area contributed by atoms with Crippen molar-refractivity contribution in [1.29, 1.82) is 0 Å². The van der Waals surface area contributed by atoms with Gasteiger partial charge in [-0.2, -0.15) is 0 Å². The van der Waals surface area contributed by atoms with Crippen LogP contribution in [0, 0.1) is 0 Å². The normalized spacial score (nSPS) is 12.9. The van der Waals surface area contributed by atoms with Gasteiger partial charge in [-0.25, -0.2) is 9.78 Å². The SMILES string of the molecule is C=C1c2ccccc2C(=O)N1CCC(=O)Nc1ncc(C(=O)OC)s1. The number of thiazole rings is 1. The van der Waals surface area contributed by atoms with Gasteiger partial charge in [-0.1, -0.05) is 36.1 Å². The number of amides is 2. The summed E-state index contributed by atoms with van der Waals surface area (Å²) in [7, 11) is 1.28. The third-order valence-corrected chi connectivity index (χ3v) is 4.63. The van der Waals surface area contributed by atoms with E-state index >= 15 is 0 Å². The molecule has 2 aromatic rings. The van der Waals surface area contributed by atoms with Crippen LogP contribution in [-0.4, -0.2) is 41.3 Å². The van der Waals surface area contributed by atoms with Crippen molar-refractivity contribution < 1.29 is 19.1 Å². The van der Waals surface area contributed by atoms with Crippen molar-refractivity contribution in [1.82, 2.24) is 9.88 Å². The van der Waals surface area contributed by atoms with Crippen LogP contribution < -0.4 is 5.32 Å². The number of nitrogens with zero attached hydrogens (tertiary/aromatic N) is 2. The van der Waals surface area contributed by atoms with E-state index in [1.54, 1.807) is 12.1 Å². The highest BCUT2D eigenvalue weighted by Crippen LogP contribution is 2.31. The number of hydrogen-bond acceptors (Lipinski definition) is 6. The van der Waals surface area contributed by atoms with E-state index in [9.17, 15) is 14.4 Å². The Morgan fingerprint density at radius 3 is 2.72 bits per heavy atom. The first-order valence-corrected chi connectivity index (χ1v) is 8.27. The predicted octanol–water partition coefficient (Wildman–Crippen LogP) is 2.39. The summed E-state index contributed by atoms with van der Waals surface area (Å²) in [6.45, 7) is 4.15. The molecular weight excluding hydrogens is 342 g/mol. The van der Waals surface area contributed by atoms with E-state index in [0.29, 0.717) is 21.3 Å². The minimum atomic E-state index is -0.505. The van der Waals surface area contributed by atoms with Gasteiger partial charge in [0.05, 0.1) is 13.3 Å². The molecule has 1 aromatic carbocycles. The maximum absolute atomic E-state index is 12.4. The highest BCUT2D eigenvalue weighted by Gasteiger charge is 2.30. The summed E-state index contributed by atoms with van der Waals surface area (Å²) in [6, 6.07) is 7.21. The van der Waals surface area contributed by atoms with Crippen LogP contribution >= 0.6 is 11.3 Å². The lowest BCUT2D eigenvalue weighted by atomic mass is 10.1. The molecular formula is C17H15N3O4S. The minimum Gasteiger partial charge on any atom is -0.465 e. The van der Waals surface area contributed by atoms with Gasteiger partial charge in [0, 0.05) is 29.8 Å². The third kappa shape index (κ3) is 3.29. The quantitative estimate of drug-likeness (QED) is 0.830. The number of anilines is 1. The monoisotopic (exact) mass is 357 g/mol. The number of rotatable bonds is 5. The summed E-state index contributed by atoms with van der Waals surface area (Å²) in [5.41, 5.74) is 1.97. The molecule has 1 N–H and O–H groups in total. The van der Waals surface area contributed by atoms with Gasteiger partial charge in [-0.3, -0.25) is 9.59 Å². The molecule has 25 heavy (non-hydrogen) atoms. The van der Waals surface area contributed by atoms with Crippen molar-refractivity contribution in [2.75, 3.05) is 19.0 Å². The first-order chi connectivity index (χ1) is 12.0. The Bertz CT molecular complexity index is 839. The molecule has 1 aliphatic heterocycles. The van der Waals surface area contributed by atoms with Crippen molar-refractivity contribution >= 4 is 39.9 Å². The Hall–Kier alpha value is -3.00. The lowest BCUT2D eigenvalue weighted by Gasteiger charge is -2.16. The van der Waals surface area contributed by atoms with Gasteiger partial charge in [0.2, 0.25) is 5.91 Å². The predicted molar refractivity (Wildman–Crippen MR) is 93.2 cm³/mol. The molecule has 0 saturated heterocycles. The summed E-state index contributed by atoms with van der Waals surface area (Å²) < 4.78 is 4.59. The molecule has 2 heterocycles. The molecule has 1 aliphatic rings. The Kier molecular flexibility index (Phi) is 4.62. The lowest BCUT2D eigenvalue weighted by Crippen LogP contribution is -2.27. The zero-order chi connectivity index (χ0) is 18.0. The van der Waals surface area contributed by atoms with Crippen molar-refractivity contribution in [3.8, 4) is 0 Å². The molecule has 0 spiro atoms. The first-order valence-electron chi connectivity index (χ1n) is 7.45. The number of carbonyl (C=O) groups excluding carboxylic acids is 3. The summed E-state index contributed by atoms with van der Waals surface area (Å²) in [5, 5.41) is 2.91. The molecule has 1 aromatic heterocycles. The van der Waals surface area contributed by atoms with Crippen LogP contribution in [0.15, 0.2) is 37.0 Å². The molecule has 0 fully saturated rings. The Morgan fingerprint density at radius 1 is 1.32 bits per heavy atom. The van der Waals surface area contributed by atoms with Crippen molar-refractivity contribution in [3.63, 3.8) is 0 Å². The number of benzene rings is 1. The van der Waals surface area contributed by atoms with Gasteiger partial charge < -0.3 is 15.0 Å². The summed E-state index contributed by atoms with van der Waals surface area (Å²) >= 11 is 1.03. The van der Waals surface area contributed by atoms with Gasteiger partial charge in [0.15, 0.2) is 5.13 Å². The van der Waals surface area contributed by atoms with Gasteiger partial charge in [0.25, 0.3) is 5.91 Å². The molecule has 3 rings (SSSR count). The van der Waals surface area contributed by atoms with E-state index in [1.165, 1.54) is 18.2 Å². The highest BCUT2D eigenvalue weighted by atomic mass is 32.1.